The van der Waals surface area contributed by atoms with Crippen molar-refractivity contribution in [3.63, 3.8) is 0 Å². The van der Waals surface area contributed by atoms with Crippen LogP contribution in [0.1, 0.15) is 45.9 Å². The molecule has 1 atom stereocenters. The number of nitrogens with zero attached hydrogens (tertiary/aromatic N) is 2. The van der Waals surface area contributed by atoms with Gasteiger partial charge in [-0.15, -0.1) is 0 Å². The van der Waals surface area contributed by atoms with Crippen LogP contribution < -0.4 is 11.1 Å². The minimum absolute atomic E-state index is 0.179. The summed E-state index contributed by atoms with van der Waals surface area (Å²) in [5.74, 6) is -0.640. The van der Waals surface area contributed by atoms with E-state index in [-0.39, 0.29) is 11.9 Å². The zero-order chi connectivity index (χ0) is 24.4. The number of fused-ring (bicyclic) bond motifs is 1. The molecule has 5 rings (SSSR count). The fourth-order valence-electron chi connectivity index (χ4n) is 4.85. The van der Waals surface area contributed by atoms with Gasteiger partial charge in [0.15, 0.2) is 0 Å². The number of carbonyl (C=O) groups is 1. The summed E-state index contributed by atoms with van der Waals surface area (Å²) in [6.07, 6.45) is 2.39. The average Bonchev–Trinajstić information content (AvgIpc) is 3.51. The van der Waals surface area contributed by atoms with Crippen LogP contribution in [-0.4, -0.2) is 40.6 Å². The van der Waals surface area contributed by atoms with Gasteiger partial charge in [-0.3, -0.25) is 14.8 Å². The Labute approximate surface area is 204 Å². The molecule has 2 heterocycles. The Morgan fingerprint density at radius 3 is 2.71 bits per heavy atom. The molecule has 1 aromatic heterocycles. The topological polar surface area (TPSA) is 87.0 Å². The number of benzene rings is 3. The highest BCUT2D eigenvalue weighted by molar-refractivity contribution is 5.96. The molecule has 35 heavy (non-hydrogen) atoms. The van der Waals surface area contributed by atoms with Crippen molar-refractivity contribution in [1.82, 2.24) is 20.4 Å². The molecule has 1 unspecified atom stereocenters. The van der Waals surface area contributed by atoms with Crippen molar-refractivity contribution >= 4 is 16.8 Å². The number of rotatable bonds is 7. The second-order valence-corrected chi connectivity index (χ2v) is 9.35. The molecule has 0 bridgehead atoms. The molecule has 180 valence electrons. The first-order chi connectivity index (χ1) is 17.0. The number of H-pyrrole nitrogens is 1. The van der Waals surface area contributed by atoms with Crippen molar-refractivity contribution < 1.29 is 9.18 Å². The highest BCUT2D eigenvalue weighted by atomic mass is 19.1. The standard InChI is InChI=1S/C28H30FN5O/c1-18-5-4-6-21(11-18)26(16-30)31-28(35)23-13-19(17-34-9-2-3-10-34)12-22(14-23)20-7-8-25-24(15-20)27(29)33-32-25/h4-8,11-15,26H,2-3,9-10,16-17,30H2,1H3,(H,31,35)(H,32,33). The van der Waals surface area contributed by atoms with Crippen molar-refractivity contribution in [3.05, 3.63) is 88.9 Å². The third-order valence-corrected chi connectivity index (χ3v) is 6.69. The fraction of sp³-hybridized carbons (Fsp3) is 0.286. The SMILES string of the molecule is Cc1cccc(C(CN)NC(=O)c2cc(CN3CCCC3)cc(-c3ccc4n[nH]c(F)c4c3)c2)c1. The number of likely N-dealkylation sites (tertiary alicyclic amines) is 1. The Morgan fingerprint density at radius 1 is 1.11 bits per heavy atom. The van der Waals surface area contributed by atoms with Gasteiger partial charge in [-0.2, -0.15) is 9.49 Å². The van der Waals surface area contributed by atoms with E-state index in [1.807, 2.05) is 49.4 Å². The predicted octanol–water partition coefficient (Wildman–Crippen LogP) is 4.70. The van der Waals surface area contributed by atoms with Crippen molar-refractivity contribution in [2.75, 3.05) is 19.6 Å². The van der Waals surface area contributed by atoms with E-state index in [0.717, 1.165) is 47.5 Å². The van der Waals surface area contributed by atoms with Crippen molar-refractivity contribution in [2.45, 2.75) is 32.4 Å². The zero-order valence-corrected chi connectivity index (χ0v) is 19.9. The Kier molecular flexibility index (Phi) is 6.61. The van der Waals surface area contributed by atoms with E-state index in [0.29, 0.717) is 23.0 Å². The minimum atomic E-state index is -0.461. The number of nitrogens with one attached hydrogen (secondary N) is 2. The second kappa shape index (κ2) is 9.98. The Bertz CT molecular complexity index is 1360. The summed E-state index contributed by atoms with van der Waals surface area (Å²) in [5.41, 5.74) is 12.0. The number of carbonyl (C=O) groups excluding carboxylic acids is 1. The van der Waals surface area contributed by atoms with Gasteiger partial charge in [0, 0.05) is 18.7 Å². The molecule has 1 saturated heterocycles. The van der Waals surface area contributed by atoms with Crippen LogP contribution in [0.2, 0.25) is 0 Å². The number of aromatic nitrogens is 2. The van der Waals surface area contributed by atoms with Crippen LogP contribution >= 0.6 is 0 Å². The minimum Gasteiger partial charge on any atom is -0.344 e. The fourth-order valence-corrected chi connectivity index (χ4v) is 4.85. The van der Waals surface area contributed by atoms with E-state index in [1.54, 1.807) is 12.1 Å². The lowest BCUT2D eigenvalue weighted by molar-refractivity contribution is 0.0937. The maximum atomic E-state index is 14.2. The van der Waals surface area contributed by atoms with Crippen LogP contribution in [0, 0.1) is 12.9 Å². The second-order valence-electron chi connectivity index (χ2n) is 9.35. The molecule has 0 saturated carbocycles. The van der Waals surface area contributed by atoms with Gasteiger partial charge in [0.05, 0.1) is 16.9 Å². The Hall–Kier alpha value is -3.55. The molecule has 1 amide bonds. The number of hydrogen-bond acceptors (Lipinski definition) is 4. The Balaban J connectivity index is 1.49. The van der Waals surface area contributed by atoms with Gasteiger partial charge in [-0.25, -0.2) is 0 Å². The molecule has 0 aliphatic carbocycles. The van der Waals surface area contributed by atoms with E-state index in [4.69, 9.17) is 5.73 Å². The summed E-state index contributed by atoms with van der Waals surface area (Å²) in [6.45, 7) is 5.20. The summed E-state index contributed by atoms with van der Waals surface area (Å²) in [7, 11) is 0. The first-order valence-corrected chi connectivity index (χ1v) is 12.1. The van der Waals surface area contributed by atoms with Crippen molar-refractivity contribution in [2.24, 2.45) is 5.73 Å². The van der Waals surface area contributed by atoms with E-state index < -0.39 is 5.95 Å². The molecule has 1 aliphatic rings. The van der Waals surface area contributed by atoms with Crippen LogP contribution in [0.15, 0.2) is 60.7 Å². The largest absolute Gasteiger partial charge is 0.344 e. The molecule has 1 fully saturated rings. The summed E-state index contributed by atoms with van der Waals surface area (Å²) in [6, 6.07) is 19.1. The average molecular weight is 472 g/mol. The van der Waals surface area contributed by atoms with Crippen molar-refractivity contribution in [1.29, 1.82) is 0 Å². The monoisotopic (exact) mass is 471 g/mol. The lowest BCUT2D eigenvalue weighted by atomic mass is 9.97. The highest BCUT2D eigenvalue weighted by Gasteiger charge is 2.18. The molecule has 7 heteroatoms. The van der Waals surface area contributed by atoms with E-state index >= 15 is 0 Å². The lowest BCUT2D eigenvalue weighted by Gasteiger charge is -2.20. The lowest BCUT2D eigenvalue weighted by Crippen LogP contribution is -2.33. The van der Waals surface area contributed by atoms with Gasteiger partial charge in [0.25, 0.3) is 5.91 Å². The maximum Gasteiger partial charge on any atom is 0.251 e. The van der Waals surface area contributed by atoms with Crippen LogP contribution in [-0.2, 0) is 6.54 Å². The van der Waals surface area contributed by atoms with E-state index in [1.165, 1.54) is 12.8 Å². The van der Waals surface area contributed by atoms with E-state index in [9.17, 15) is 9.18 Å². The molecule has 4 N–H and O–H groups in total. The molecule has 6 nitrogen and oxygen atoms in total. The number of nitrogens with two attached hydrogens (primary N) is 1. The zero-order valence-electron chi connectivity index (χ0n) is 19.9. The molecule has 0 spiro atoms. The van der Waals surface area contributed by atoms with Gasteiger partial charge in [-0.1, -0.05) is 35.9 Å². The number of hydrogen-bond donors (Lipinski definition) is 3. The summed E-state index contributed by atoms with van der Waals surface area (Å²) in [4.78, 5) is 15.8. The molecular formula is C28H30FN5O. The molecule has 4 aromatic rings. The van der Waals surface area contributed by atoms with Crippen LogP contribution in [0.5, 0.6) is 0 Å². The van der Waals surface area contributed by atoms with Gasteiger partial charge in [0.2, 0.25) is 5.95 Å². The van der Waals surface area contributed by atoms with Crippen LogP contribution in [0.3, 0.4) is 0 Å². The van der Waals surface area contributed by atoms with Gasteiger partial charge in [-0.05, 0) is 85.4 Å². The molecule has 3 aromatic carbocycles. The van der Waals surface area contributed by atoms with Crippen molar-refractivity contribution in [3.8, 4) is 11.1 Å². The van der Waals surface area contributed by atoms with Crippen LogP contribution in [0.4, 0.5) is 4.39 Å². The smallest absolute Gasteiger partial charge is 0.251 e. The number of aromatic amines is 1. The van der Waals surface area contributed by atoms with Gasteiger partial charge >= 0.3 is 0 Å². The Morgan fingerprint density at radius 2 is 1.94 bits per heavy atom. The normalized spacial score (nSPS) is 14.9. The molecule has 1 aliphatic heterocycles. The third-order valence-electron chi connectivity index (χ3n) is 6.69. The maximum absolute atomic E-state index is 14.2. The number of halogens is 1. The first-order valence-electron chi connectivity index (χ1n) is 12.1. The third kappa shape index (κ3) is 5.11. The summed E-state index contributed by atoms with van der Waals surface area (Å²) >= 11 is 0. The molecule has 0 radical (unpaired) electrons. The highest BCUT2D eigenvalue weighted by Crippen LogP contribution is 2.28. The number of aryl methyl sites for hydroxylation is 1. The van der Waals surface area contributed by atoms with Crippen LogP contribution in [0.25, 0.3) is 22.0 Å². The van der Waals surface area contributed by atoms with Gasteiger partial charge in [0.1, 0.15) is 0 Å². The molecular weight excluding hydrogens is 441 g/mol. The predicted molar refractivity (Wildman–Crippen MR) is 136 cm³/mol. The summed E-state index contributed by atoms with van der Waals surface area (Å²) < 4.78 is 14.2. The summed E-state index contributed by atoms with van der Waals surface area (Å²) in [5, 5.41) is 9.91. The quantitative estimate of drug-likeness (QED) is 0.365. The van der Waals surface area contributed by atoms with E-state index in [2.05, 4.69) is 26.5 Å². The number of amides is 1. The van der Waals surface area contributed by atoms with Gasteiger partial charge < -0.3 is 11.1 Å². The first kappa shape index (κ1) is 23.2.